The van der Waals surface area contributed by atoms with Crippen molar-refractivity contribution in [3.05, 3.63) is 27.8 Å². The van der Waals surface area contributed by atoms with Crippen molar-refractivity contribution in [2.75, 3.05) is 6.61 Å². The fraction of sp³-hybridized carbons (Fsp3) is 0.538. The molecule has 1 aromatic rings. The molecular formula is C13H16BrIO2. The second kappa shape index (κ2) is 6.38. The van der Waals surface area contributed by atoms with Gasteiger partial charge in [0.05, 0.1) is 0 Å². The van der Waals surface area contributed by atoms with Crippen molar-refractivity contribution < 1.29 is 9.47 Å². The molecule has 1 aliphatic carbocycles. The zero-order chi connectivity index (χ0) is 12.3. The first-order valence-electron chi connectivity index (χ1n) is 5.88. The molecule has 4 heteroatoms. The van der Waals surface area contributed by atoms with Gasteiger partial charge in [-0.1, -0.05) is 28.9 Å². The van der Waals surface area contributed by atoms with Gasteiger partial charge in [0.2, 0.25) is 0 Å². The summed E-state index contributed by atoms with van der Waals surface area (Å²) in [5.74, 6) is 0.936. The van der Waals surface area contributed by atoms with Gasteiger partial charge in [-0.25, -0.2) is 0 Å². The minimum atomic E-state index is 0.184. The Labute approximate surface area is 124 Å². The maximum absolute atomic E-state index is 5.95. The zero-order valence-corrected chi connectivity index (χ0v) is 13.5. The van der Waals surface area contributed by atoms with Crippen molar-refractivity contribution in [2.24, 2.45) is 0 Å². The molecule has 0 saturated heterocycles. The summed E-state index contributed by atoms with van der Waals surface area (Å²) in [6.45, 7) is 2.93. The Morgan fingerprint density at radius 2 is 2.29 bits per heavy atom. The van der Waals surface area contributed by atoms with Gasteiger partial charge in [-0.05, 0) is 47.2 Å². The Bertz CT molecular complexity index is 372. The summed E-state index contributed by atoms with van der Waals surface area (Å²) in [6, 6.07) is 8.13. The van der Waals surface area contributed by atoms with E-state index in [2.05, 4.69) is 57.6 Å². The fourth-order valence-electron chi connectivity index (χ4n) is 1.82. The van der Waals surface area contributed by atoms with Gasteiger partial charge >= 0.3 is 0 Å². The highest BCUT2D eigenvalue weighted by Gasteiger charge is 2.42. The predicted octanol–water partition coefficient (Wildman–Crippen LogP) is 4.00. The number of benzene rings is 1. The lowest BCUT2D eigenvalue weighted by Gasteiger charge is -2.40. The van der Waals surface area contributed by atoms with Gasteiger partial charge in [0.25, 0.3) is 0 Å². The second-order valence-corrected chi connectivity index (χ2v) is 6.62. The van der Waals surface area contributed by atoms with Crippen LogP contribution in [0.25, 0.3) is 0 Å². The third kappa shape index (κ3) is 3.58. The van der Waals surface area contributed by atoms with E-state index in [9.17, 15) is 0 Å². The molecule has 2 rings (SSSR count). The lowest BCUT2D eigenvalue weighted by atomic mass is 9.91. The van der Waals surface area contributed by atoms with Crippen molar-refractivity contribution in [2.45, 2.75) is 36.8 Å². The van der Waals surface area contributed by atoms with Crippen LogP contribution in [0.15, 0.2) is 24.3 Å². The molecule has 3 atom stereocenters. The van der Waals surface area contributed by atoms with Crippen molar-refractivity contribution in [3.63, 3.8) is 0 Å². The number of alkyl halides is 1. The van der Waals surface area contributed by atoms with Crippen LogP contribution in [0, 0.1) is 3.57 Å². The molecule has 0 bridgehead atoms. The molecule has 1 aromatic carbocycles. The van der Waals surface area contributed by atoms with E-state index in [0.29, 0.717) is 4.83 Å². The van der Waals surface area contributed by atoms with Crippen LogP contribution in [-0.2, 0) is 4.74 Å². The molecule has 17 heavy (non-hydrogen) atoms. The summed E-state index contributed by atoms with van der Waals surface area (Å²) in [5.41, 5.74) is 0. The molecule has 0 amide bonds. The van der Waals surface area contributed by atoms with Gasteiger partial charge in [0, 0.05) is 21.4 Å². The fourth-order valence-corrected chi connectivity index (χ4v) is 3.20. The number of halogens is 2. The average Bonchev–Trinajstić information content (AvgIpc) is 2.29. The summed E-state index contributed by atoms with van der Waals surface area (Å²) in [4.78, 5) is 0.432. The van der Waals surface area contributed by atoms with Gasteiger partial charge < -0.3 is 9.47 Å². The average molecular weight is 411 g/mol. The summed E-state index contributed by atoms with van der Waals surface area (Å²) in [5, 5.41) is 0. The summed E-state index contributed by atoms with van der Waals surface area (Å²) >= 11 is 5.91. The molecule has 1 fully saturated rings. The number of rotatable bonds is 5. The van der Waals surface area contributed by atoms with Gasteiger partial charge in [-0.2, -0.15) is 0 Å². The molecule has 1 saturated carbocycles. The Morgan fingerprint density at radius 1 is 1.47 bits per heavy atom. The van der Waals surface area contributed by atoms with Crippen LogP contribution < -0.4 is 4.74 Å². The molecule has 0 spiro atoms. The molecule has 0 radical (unpaired) electrons. The minimum Gasteiger partial charge on any atom is -0.488 e. The minimum absolute atomic E-state index is 0.184. The van der Waals surface area contributed by atoms with E-state index in [1.54, 1.807) is 0 Å². The Balaban J connectivity index is 1.91. The SMILES string of the molecule is CCCOC1C(Br)CC1Oc1cccc(I)c1. The number of hydrogen-bond acceptors (Lipinski definition) is 2. The van der Waals surface area contributed by atoms with Crippen LogP contribution >= 0.6 is 38.5 Å². The maximum atomic E-state index is 5.95. The van der Waals surface area contributed by atoms with Crippen molar-refractivity contribution in [3.8, 4) is 5.75 Å². The largest absolute Gasteiger partial charge is 0.488 e. The molecule has 94 valence electrons. The summed E-state index contributed by atoms with van der Waals surface area (Å²) in [6.07, 6.45) is 2.43. The Hall–Kier alpha value is 0.190. The molecule has 1 aliphatic rings. The highest BCUT2D eigenvalue weighted by Crippen LogP contribution is 2.34. The van der Waals surface area contributed by atoms with E-state index in [0.717, 1.165) is 25.2 Å². The first-order chi connectivity index (χ1) is 8.20. The van der Waals surface area contributed by atoms with E-state index in [4.69, 9.17) is 9.47 Å². The van der Waals surface area contributed by atoms with E-state index in [1.807, 2.05) is 12.1 Å². The molecule has 2 nitrogen and oxygen atoms in total. The lowest BCUT2D eigenvalue weighted by molar-refractivity contribution is -0.0762. The van der Waals surface area contributed by atoms with Gasteiger partial charge in [0.15, 0.2) is 0 Å². The highest BCUT2D eigenvalue weighted by atomic mass is 127. The molecule has 0 aliphatic heterocycles. The van der Waals surface area contributed by atoms with Crippen LogP contribution in [0.5, 0.6) is 5.75 Å². The lowest BCUT2D eigenvalue weighted by Crippen LogP contribution is -2.52. The van der Waals surface area contributed by atoms with Crippen LogP contribution in [0.2, 0.25) is 0 Å². The van der Waals surface area contributed by atoms with E-state index in [-0.39, 0.29) is 12.2 Å². The van der Waals surface area contributed by atoms with Crippen molar-refractivity contribution in [1.82, 2.24) is 0 Å². The topological polar surface area (TPSA) is 18.5 Å². The molecule has 3 unspecified atom stereocenters. The first kappa shape index (κ1) is 13.6. The van der Waals surface area contributed by atoms with E-state index >= 15 is 0 Å². The third-order valence-electron chi connectivity index (χ3n) is 2.78. The van der Waals surface area contributed by atoms with E-state index < -0.39 is 0 Å². The monoisotopic (exact) mass is 410 g/mol. The van der Waals surface area contributed by atoms with Gasteiger partial charge in [0.1, 0.15) is 18.0 Å². The maximum Gasteiger partial charge on any atom is 0.127 e. The van der Waals surface area contributed by atoms with Crippen molar-refractivity contribution in [1.29, 1.82) is 0 Å². The third-order valence-corrected chi connectivity index (χ3v) is 4.34. The zero-order valence-electron chi connectivity index (χ0n) is 9.74. The first-order valence-corrected chi connectivity index (χ1v) is 7.88. The summed E-state index contributed by atoms with van der Waals surface area (Å²) in [7, 11) is 0. The van der Waals surface area contributed by atoms with Crippen molar-refractivity contribution >= 4 is 38.5 Å². The van der Waals surface area contributed by atoms with E-state index in [1.165, 1.54) is 3.57 Å². The predicted molar refractivity (Wildman–Crippen MR) is 80.9 cm³/mol. The molecule has 0 heterocycles. The molecule has 0 N–H and O–H groups in total. The Kier molecular flexibility index (Phi) is 5.11. The molecular weight excluding hydrogens is 395 g/mol. The number of ether oxygens (including phenoxy) is 2. The van der Waals surface area contributed by atoms with Crippen LogP contribution in [0.3, 0.4) is 0 Å². The quantitative estimate of drug-likeness (QED) is 0.539. The normalized spacial score (nSPS) is 27.6. The number of hydrogen-bond donors (Lipinski definition) is 0. The second-order valence-electron chi connectivity index (χ2n) is 4.20. The highest BCUT2D eigenvalue weighted by molar-refractivity contribution is 14.1. The van der Waals surface area contributed by atoms with Gasteiger partial charge in [-0.3, -0.25) is 0 Å². The summed E-state index contributed by atoms with van der Waals surface area (Å²) < 4.78 is 12.9. The molecule has 0 aromatic heterocycles. The van der Waals surface area contributed by atoms with Crippen LogP contribution in [0.1, 0.15) is 19.8 Å². The van der Waals surface area contributed by atoms with Crippen LogP contribution in [0.4, 0.5) is 0 Å². The standard InChI is InChI=1S/C13H16BrIO2/c1-2-6-16-13-11(14)8-12(13)17-10-5-3-4-9(15)7-10/h3-5,7,11-13H,2,6,8H2,1H3. The Morgan fingerprint density at radius 3 is 2.94 bits per heavy atom. The van der Waals surface area contributed by atoms with Gasteiger partial charge in [-0.15, -0.1) is 0 Å². The van der Waals surface area contributed by atoms with Crippen LogP contribution in [-0.4, -0.2) is 23.6 Å². The smallest absolute Gasteiger partial charge is 0.127 e.